The molecule has 0 unspecified atom stereocenters. The summed E-state index contributed by atoms with van der Waals surface area (Å²) in [5.41, 5.74) is 8.08. The third-order valence-corrected chi connectivity index (χ3v) is 10.2. The van der Waals surface area contributed by atoms with Gasteiger partial charge in [0.25, 0.3) is 0 Å². The Morgan fingerprint density at radius 1 is 0.824 bits per heavy atom. The number of halogens is 4. The first-order valence-electron chi connectivity index (χ1n) is 10.8. The molecular formula is C27H24Cl4OSiTi. The predicted molar refractivity (Wildman–Crippen MR) is 135 cm³/mol. The van der Waals surface area contributed by atoms with Crippen molar-refractivity contribution in [1.29, 1.82) is 0 Å². The topological polar surface area (TPSA) is 20.2 Å². The minimum atomic E-state index is -0.776. The van der Waals surface area contributed by atoms with E-state index in [1.54, 1.807) is 0 Å². The van der Waals surface area contributed by atoms with Crippen molar-refractivity contribution in [2.75, 3.05) is 0 Å². The van der Waals surface area contributed by atoms with Crippen molar-refractivity contribution in [3.63, 3.8) is 0 Å². The van der Waals surface area contributed by atoms with E-state index in [-0.39, 0.29) is 52.4 Å². The molecule has 0 aromatic heterocycles. The Morgan fingerprint density at radius 2 is 1.35 bits per heavy atom. The second kappa shape index (κ2) is 11.9. The smallest absolute Gasteiger partial charge is 1.00 e. The number of fused-ring (bicyclic) bond motifs is 4. The van der Waals surface area contributed by atoms with E-state index in [2.05, 4.69) is 50.2 Å². The molecule has 0 spiro atoms. The molecule has 1 nitrogen and oxygen atoms in total. The van der Waals surface area contributed by atoms with Crippen molar-refractivity contribution < 1.29 is 51.6 Å². The second-order valence-electron chi connectivity index (χ2n) is 8.28. The minimum absolute atomic E-state index is 0. The number of rotatable bonds is 3. The molecule has 0 aliphatic heterocycles. The van der Waals surface area contributed by atoms with E-state index in [0.29, 0.717) is 15.8 Å². The molecule has 0 fully saturated rings. The molecule has 7 heteroatoms. The van der Waals surface area contributed by atoms with Crippen LogP contribution in [0.3, 0.4) is 0 Å². The SMILES string of the molecule is CC[Si](CC)=C1Cc2ccccc2C(C2c3ccc(Cl)cc3-c3cc(Cl)ccc32)=C1O.[Cl-].[Cl-].[Ti+2]. The van der Waals surface area contributed by atoms with Crippen LogP contribution in [0, 0.1) is 0 Å². The maximum Gasteiger partial charge on any atom is 2.00 e. The molecule has 3 aromatic carbocycles. The van der Waals surface area contributed by atoms with E-state index >= 15 is 0 Å². The monoisotopic (exact) mass is 580 g/mol. The zero-order valence-electron chi connectivity index (χ0n) is 18.9. The van der Waals surface area contributed by atoms with Gasteiger partial charge in [0.05, 0.1) is 0 Å². The van der Waals surface area contributed by atoms with Crippen molar-refractivity contribution in [2.45, 2.75) is 38.3 Å². The van der Waals surface area contributed by atoms with Crippen LogP contribution in [0.25, 0.3) is 16.7 Å². The van der Waals surface area contributed by atoms with Gasteiger partial charge in [-0.15, -0.1) is 0 Å². The van der Waals surface area contributed by atoms with E-state index in [9.17, 15) is 5.11 Å². The summed E-state index contributed by atoms with van der Waals surface area (Å²) in [6.45, 7) is 4.50. The van der Waals surface area contributed by atoms with E-state index < -0.39 is 8.41 Å². The molecule has 0 saturated heterocycles. The Bertz CT molecular complexity index is 1230. The summed E-state index contributed by atoms with van der Waals surface area (Å²) in [5, 5.41) is 14.4. The molecule has 5 rings (SSSR count). The van der Waals surface area contributed by atoms with Gasteiger partial charge in [-0.25, -0.2) is 0 Å². The Labute approximate surface area is 240 Å². The van der Waals surface area contributed by atoms with Crippen LogP contribution >= 0.6 is 23.2 Å². The fourth-order valence-corrected chi connectivity index (χ4v) is 7.88. The molecule has 1 N–H and O–H groups in total. The van der Waals surface area contributed by atoms with Crippen LogP contribution in [0.15, 0.2) is 66.4 Å². The van der Waals surface area contributed by atoms with Gasteiger partial charge in [0.1, 0.15) is 5.76 Å². The van der Waals surface area contributed by atoms with Crippen LogP contribution in [-0.2, 0) is 28.1 Å². The molecule has 0 amide bonds. The van der Waals surface area contributed by atoms with Gasteiger partial charge in [-0.05, 0) is 81.3 Å². The number of hydrogen-bond donors (Lipinski definition) is 1. The van der Waals surface area contributed by atoms with E-state index in [1.807, 2.05) is 24.3 Å². The first kappa shape index (κ1) is 29.4. The number of hydrogen-bond acceptors (Lipinski definition) is 1. The Hall–Kier alpha value is -0.839. The second-order valence-corrected chi connectivity index (χ2v) is 12.4. The molecule has 2 aliphatic carbocycles. The summed E-state index contributed by atoms with van der Waals surface area (Å²) in [5.74, 6) is 0.484. The van der Waals surface area contributed by atoms with Crippen molar-refractivity contribution in [3.8, 4) is 11.1 Å². The first-order valence-corrected chi connectivity index (χ1v) is 13.5. The number of aliphatic hydroxyl groups excluding tert-OH is 1. The molecule has 0 radical (unpaired) electrons. The predicted octanol–water partition coefficient (Wildman–Crippen LogP) is 1.93. The number of benzene rings is 3. The van der Waals surface area contributed by atoms with Crippen molar-refractivity contribution >= 4 is 42.4 Å². The normalized spacial score (nSPS) is 13.7. The van der Waals surface area contributed by atoms with E-state index in [4.69, 9.17) is 23.2 Å². The average Bonchev–Trinajstić information content (AvgIpc) is 3.07. The Morgan fingerprint density at radius 3 is 1.88 bits per heavy atom. The van der Waals surface area contributed by atoms with Crippen molar-refractivity contribution in [3.05, 3.63) is 98.7 Å². The van der Waals surface area contributed by atoms with Crippen LogP contribution in [0.2, 0.25) is 22.1 Å². The third-order valence-electron chi connectivity index (χ3n) is 6.73. The quantitative estimate of drug-likeness (QED) is 0.469. The third kappa shape index (κ3) is 4.89. The zero-order chi connectivity index (χ0) is 21.7. The summed E-state index contributed by atoms with van der Waals surface area (Å²) in [6, 6.07) is 23.0. The molecule has 0 saturated carbocycles. The van der Waals surface area contributed by atoms with Crippen LogP contribution in [-0.4, -0.2) is 18.7 Å². The van der Waals surface area contributed by atoms with E-state index in [0.717, 1.165) is 40.8 Å². The fraction of sp³-hybridized carbons (Fsp3) is 0.222. The number of aliphatic hydroxyl groups is 1. The maximum atomic E-state index is 11.7. The Balaban J connectivity index is 0.00000136. The molecule has 2 aliphatic rings. The van der Waals surface area contributed by atoms with Gasteiger partial charge in [0, 0.05) is 29.9 Å². The van der Waals surface area contributed by atoms with Crippen LogP contribution in [0.5, 0.6) is 0 Å². The maximum absolute atomic E-state index is 11.7. The number of allylic oxidation sites excluding steroid dienone is 2. The fourth-order valence-electron chi connectivity index (χ4n) is 5.27. The summed E-state index contributed by atoms with van der Waals surface area (Å²) in [4.78, 5) is 0. The molecular weight excluding hydrogens is 558 g/mol. The van der Waals surface area contributed by atoms with Gasteiger partial charge in [-0.1, -0.05) is 73.4 Å². The standard InChI is InChI=1S/C27H24Cl2OSi.2ClH.Ti/c1-3-31(4-2)24-13-16-7-5-6-8-19(16)26(27(24)30)25-20-11-9-17(28)14-22(20)23-15-18(29)10-12-21(23)25;;;/h5-12,14-15,25,30H,3-4,13H2,1-2H3;2*1H;/q;;;+2/p-2. The van der Waals surface area contributed by atoms with Gasteiger partial charge in [-0.2, -0.15) is 0 Å². The average molecular weight is 582 g/mol. The van der Waals surface area contributed by atoms with Crippen molar-refractivity contribution in [1.82, 2.24) is 0 Å². The molecule has 0 bridgehead atoms. The summed E-state index contributed by atoms with van der Waals surface area (Å²) in [6.07, 6.45) is 0.856. The zero-order valence-corrected chi connectivity index (χ0v) is 24.5. The van der Waals surface area contributed by atoms with Gasteiger partial charge < -0.3 is 29.9 Å². The molecule has 174 valence electrons. The Kier molecular flexibility index (Phi) is 10.3. The van der Waals surface area contributed by atoms with E-state index in [1.165, 1.54) is 21.9 Å². The largest absolute Gasteiger partial charge is 2.00 e. The molecule has 34 heavy (non-hydrogen) atoms. The molecule has 3 aromatic rings. The van der Waals surface area contributed by atoms with Gasteiger partial charge >= 0.3 is 21.7 Å². The molecule has 0 atom stereocenters. The molecule has 0 heterocycles. The summed E-state index contributed by atoms with van der Waals surface area (Å²) < 4.78 is 0. The minimum Gasteiger partial charge on any atom is -1.00 e. The van der Waals surface area contributed by atoms with Gasteiger partial charge in [0.2, 0.25) is 0 Å². The summed E-state index contributed by atoms with van der Waals surface area (Å²) >= 11 is 12.8. The van der Waals surface area contributed by atoms with Gasteiger partial charge in [0.15, 0.2) is 0 Å². The van der Waals surface area contributed by atoms with Gasteiger partial charge in [-0.3, -0.25) is 0 Å². The first-order chi connectivity index (χ1) is 15.0. The van der Waals surface area contributed by atoms with Crippen molar-refractivity contribution in [2.24, 2.45) is 0 Å². The van der Waals surface area contributed by atoms with Crippen LogP contribution in [0.1, 0.15) is 42.0 Å². The van der Waals surface area contributed by atoms with Crippen LogP contribution in [0.4, 0.5) is 0 Å². The van der Waals surface area contributed by atoms with Crippen LogP contribution < -0.4 is 24.8 Å². The summed E-state index contributed by atoms with van der Waals surface area (Å²) in [7, 11) is -0.776.